The van der Waals surface area contributed by atoms with Crippen molar-refractivity contribution in [2.45, 2.75) is 45.7 Å². The first-order chi connectivity index (χ1) is 10.2. The summed E-state index contributed by atoms with van der Waals surface area (Å²) in [6, 6.07) is 8.31. The molecule has 21 heavy (non-hydrogen) atoms. The molecular formula is C17H24ClN3. The number of benzene rings is 1. The van der Waals surface area contributed by atoms with Crippen LogP contribution in [0.4, 0.5) is 0 Å². The Balaban J connectivity index is 2.19. The maximum absolute atomic E-state index is 6.10. The van der Waals surface area contributed by atoms with Crippen molar-refractivity contribution in [2.75, 3.05) is 6.54 Å². The SMILES string of the molecule is CCCNC(Cc1cccc(Cl)c1)c1nccn1CCC. The third kappa shape index (κ3) is 4.58. The second-order valence-corrected chi connectivity index (χ2v) is 5.76. The summed E-state index contributed by atoms with van der Waals surface area (Å²) in [5.74, 6) is 1.12. The van der Waals surface area contributed by atoms with Crippen LogP contribution in [0, 0.1) is 0 Å². The van der Waals surface area contributed by atoms with Crippen LogP contribution in [0.3, 0.4) is 0 Å². The molecule has 1 N–H and O–H groups in total. The summed E-state index contributed by atoms with van der Waals surface area (Å²) < 4.78 is 2.25. The topological polar surface area (TPSA) is 29.9 Å². The molecule has 0 aliphatic carbocycles. The zero-order valence-corrected chi connectivity index (χ0v) is 13.6. The molecule has 0 amide bonds. The molecular weight excluding hydrogens is 282 g/mol. The number of nitrogens with one attached hydrogen (secondary N) is 1. The molecule has 1 unspecified atom stereocenters. The average Bonchev–Trinajstić information content (AvgIpc) is 2.92. The van der Waals surface area contributed by atoms with Crippen LogP contribution in [-0.2, 0) is 13.0 Å². The van der Waals surface area contributed by atoms with Crippen LogP contribution in [0.15, 0.2) is 36.7 Å². The van der Waals surface area contributed by atoms with E-state index in [1.54, 1.807) is 0 Å². The number of aryl methyl sites for hydroxylation is 1. The lowest BCUT2D eigenvalue weighted by atomic mass is 10.0. The van der Waals surface area contributed by atoms with Crippen LogP contribution in [0.2, 0.25) is 5.02 Å². The smallest absolute Gasteiger partial charge is 0.126 e. The molecule has 0 aliphatic rings. The molecule has 0 saturated heterocycles. The van der Waals surface area contributed by atoms with Gasteiger partial charge in [0.1, 0.15) is 5.82 Å². The molecule has 1 aromatic carbocycles. The predicted octanol–water partition coefficient (Wildman–Crippen LogP) is 4.23. The second-order valence-electron chi connectivity index (χ2n) is 5.32. The second kappa shape index (κ2) is 8.20. The van der Waals surface area contributed by atoms with Crippen LogP contribution in [0.5, 0.6) is 0 Å². The Morgan fingerprint density at radius 3 is 2.86 bits per heavy atom. The molecule has 1 atom stereocenters. The van der Waals surface area contributed by atoms with E-state index in [1.807, 2.05) is 24.4 Å². The van der Waals surface area contributed by atoms with Gasteiger partial charge in [0.2, 0.25) is 0 Å². The number of hydrogen-bond acceptors (Lipinski definition) is 2. The molecule has 2 rings (SSSR count). The van der Waals surface area contributed by atoms with Gasteiger partial charge in [-0.25, -0.2) is 4.98 Å². The van der Waals surface area contributed by atoms with Gasteiger partial charge in [-0.15, -0.1) is 0 Å². The fraction of sp³-hybridized carbons (Fsp3) is 0.471. The Labute approximate surface area is 132 Å². The van der Waals surface area contributed by atoms with Crippen molar-refractivity contribution in [3.8, 4) is 0 Å². The highest BCUT2D eigenvalue weighted by molar-refractivity contribution is 6.30. The van der Waals surface area contributed by atoms with Crippen LogP contribution in [0.25, 0.3) is 0 Å². The van der Waals surface area contributed by atoms with Crippen molar-refractivity contribution in [2.24, 2.45) is 0 Å². The standard InChI is InChI=1S/C17H24ClN3/c1-3-8-19-16(13-14-6-5-7-15(18)12-14)17-20-9-11-21(17)10-4-2/h5-7,9,11-12,16,19H,3-4,8,10,13H2,1-2H3. The van der Waals surface area contributed by atoms with Crippen LogP contribution < -0.4 is 5.32 Å². The summed E-state index contributed by atoms with van der Waals surface area (Å²) in [5, 5.41) is 4.40. The van der Waals surface area contributed by atoms with E-state index in [4.69, 9.17) is 11.6 Å². The summed E-state index contributed by atoms with van der Waals surface area (Å²) in [6.07, 6.45) is 7.09. The first-order valence-electron chi connectivity index (χ1n) is 7.73. The highest BCUT2D eigenvalue weighted by Gasteiger charge is 2.16. The van der Waals surface area contributed by atoms with E-state index >= 15 is 0 Å². The molecule has 0 saturated carbocycles. The van der Waals surface area contributed by atoms with E-state index in [9.17, 15) is 0 Å². The van der Waals surface area contributed by atoms with Gasteiger partial charge in [0.05, 0.1) is 6.04 Å². The summed E-state index contributed by atoms with van der Waals surface area (Å²) >= 11 is 6.10. The molecule has 1 aromatic heterocycles. The number of imidazole rings is 1. The molecule has 0 bridgehead atoms. The zero-order valence-electron chi connectivity index (χ0n) is 12.8. The third-order valence-corrected chi connectivity index (χ3v) is 3.73. The Bertz CT molecular complexity index is 550. The molecule has 0 radical (unpaired) electrons. The van der Waals surface area contributed by atoms with Crippen molar-refractivity contribution in [1.82, 2.24) is 14.9 Å². The molecule has 2 aromatic rings. The minimum atomic E-state index is 0.227. The molecule has 3 nitrogen and oxygen atoms in total. The van der Waals surface area contributed by atoms with E-state index in [0.29, 0.717) is 0 Å². The Kier molecular flexibility index (Phi) is 6.27. The van der Waals surface area contributed by atoms with Gasteiger partial charge in [0.25, 0.3) is 0 Å². The lowest BCUT2D eigenvalue weighted by Gasteiger charge is -2.20. The maximum atomic E-state index is 6.10. The van der Waals surface area contributed by atoms with Gasteiger partial charge in [-0.2, -0.15) is 0 Å². The Morgan fingerprint density at radius 2 is 2.14 bits per heavy atom. The highest BCUT2D eigenvalue weighted by atomic mass is 35.5. The van der Waals surface area contributed by atoms with Gasteiger partial charge in [0, 0.05) is 24.0 Å². The molecule has 0 spiro atoms. The normalized spacial score (nSPS) is 12.5. The molecule has 1 heterocycles. The first kappa shape index (κ1) is 16.1. The van der Waals surface area contributed by atoms with Gasteiger partial charge >= 0.3 is 0 Å². The summed E-state index contributed by atoms with van der Waals surface area (Å²) in [5.41, 5.74) is 1.24. The Hall–Kier alpha value is -1.32. The third-order valence-electron chi connectivity index (χ3n) is 3.49. The summed E-state index contributed by atoms with van der Waals surface area (Å²) in [4.78, 5) is 4.57. The summed E-state index contributed by atoms with van der Waals surface area (Å²) in [6.45, 7) is 6.37. The quantitative estimate of drug-likeness (QED) is 0.791. The summed E-state index contributed by atoms with van der Waals surface area (Å²) in [7, 11) is 0. The van der Waals surface area contributed by atoms with E-state index in [0.717, 1.165) is 43.2 Å². The lowest BCUT2D eigenvalue weighted by molar-refractivity contribution is 0.476. The van der Waals surface area contributed by atoms with E-state index in [2.05, 4.69) is 41.0 Å². The van der Waals surface area contributed by atoms with Gasteiger partial charge in [-0.05, 0) is 43.5 Å². The van der Waals surface area contributed by atoms with Crippen LogP contribution in [-0.4, -0.2) is 16.1 Å². The number of halogens is 1. The van der Waals surface area contributed by atoms with Gasteiger partial charge < -0.3 is 9.88 Å². The van der Waals surface area contributed by atoms with E-state index in [-0.39, 0.29) is 6.04 Å². The fourth-order valence-electron chi connectivity index (χ4n) is 2.53. The molecule has 114 valence electrons. The van der Waals surface area contributed by atoms with Gasteiger partial charge in [-0.3, -0.25) is 0 Å². The van der Waals surface area contributed by atoms with Crippen LogP contribution in [0.1, 0.15) is 44.1 Å². The van der Waals surface area contributed by atoms with Crippen molar-refractivity contribution in [3.05, 3.63) is 53.1 Å². The zero-order chi connectivity index (χ0) is 15.1. The monoisotopic (exact) mass is 305 g/mol. The Morgan fingerprint density at radius 1 is 1.29 bits per heavy atom. The van der Waals surface area contributed by atoms with Crippen molar-refractivity contribution < 1.29 is 0 Å². The van der Waals surface area contributed by atoms with E-state index < -0.39 is 0 Å². The van der Waals surface area contributed by atoms with Gasteiger partial charge in [0.15, 0.2) is 0 Å². The van der Waals surface area contributed by atoms with Crippen molar-refractivity contribution in [1.29, 1.82) is 0 Å². The van der Waals surface area contributed by atoms with Gasteiger partial charge in [-0.1, -0.05) is 37.6 Å². The molecule has 0 aliphatic heterocycles. The lowest BCUT2D eigenvalue weighted by Crippen LogP contribution is -2.27. The largest absolute Gasteiger partial charge is 0.334 e. The molecule has 0 fully saturated rings. The highest BCUT2D eigenvalue weighted by Crippen LogP contribution is 2.20. The van der Waals surface area contributed by atoms with Crippen molar-refractivity contribution in [3.63, 3.8) is 0 Å². The minimum Gasteiger partial charge on any atom is -0.334 e. The fourth-order valence-corrected chi connectivity index (χ4v) is 2.75. The molecule has 4 heteroatoms. The maximum Gasteiger partial charge on any atom is 0.126 e. The number of hydrogen-bond donors (Lipinski definition) is 1. The average molecular weight is 306 g/mol. The number of nitrogens with zero attached hydrogens (tertiary/aromatic N) is 2. The number of rotatable bonds is 8. The minimum absolute atomic E-state index is 0.227. The predicted molar refractivity (Wildman–Crippen MR) is 88.7 cm³/mol. The van der Waals surface area contributed by atoms with E-state index in [1.165, 1.54) is 5.56 Å². The number of aromatic nitrogens is 2. The van der Waals surface area contributed by atoms with Crippen LogP contribution >= 0.6 is 11.6 Å². The first-order valence-corrected chi connectivity index (χ1v) is 8.11. The van der Waals surface area contributed by atoms with Crippen molar-refractivity contribution >= 4 is 11.6 Å².